The Hall–Kier alpha value is -2.49. The van der Waals surface area contributed by atoms with Crippen molar-refractivity contribution in [2.45, 2.75) is 11.8 Å². The number of hydrogen-bond acceptors (Lipinski definition) is 5. The van der Waals surface area contributed by atoms with Crippen LogP contribution >= 0.6 is 0 Å². The lowest BCUT2D eigenvalue weighted by atomic mass is 10.2. The van der Waals surface area contributed by atoms with Crippen LogP contribution in [0.15, 0.2) is 47.4 Å². The maximum Gasteiger partial charge on any atom is 0.255 e. The molecule has 0 aliphatic carbocycles. The normalized spacial score (nSPS) is 11.2. The molecule has 27 heavy (non-hydrogen) atoms. The molecule has 0 fully saturated rings. The molecule has 0 atom stereocenters. The highest BCUT2D eigenvalue weighted by atomic mass is 32.2. The number of nitrogens with one attached hydrogen (secondary N) is 2. The molecule has 2 aromatic rings. The molecule has 2 aromatic carbocycles. The number of methoxy groups -OCH3 is 1. The van der Waals surface area contributed by atoms with Crippen LogP contribution in [0.25, 0.3) is 0 Å². The predicted octanol–water partition coefficient (Wildman–Crippen LogP) is 2.40. The molecule has 2 rings (SSSR count). The second kappa shape index (κ2) is 9.45. The highest BCUT2D eigenvalue weighted by Crippen LogP contribution is 2.21. The van der Waals surface area contributed by atoms with Crippen molar-refractivity contribution in [1.82, 2.24) is 4.72 Å². The topological polar surface area (TPSA) is 93.7 Å². The van der Waals surface area contributed by atoms with E-state index in [1.165, 1.54) is 43.5 Å². The van der Waals surface area contributed by atoms with Gasteiger partial charge in [-0.15, -0.1) is 0 Å². The predicted molar refractivity (Wildman–Crippen MR) is 99.0 cm³/mol. The van der Waals surface area contributed by atoms with Gasteiger partial charge in [0.15, 0.2) is 11.6 Å². The van der Waals surface area contributed by atoms with Gasteiger partial charge >= 0.3 is 0 Å². The van der Waals surface area contributed by atoms with Crippen LogP contribution in [-0.4, -0.2) is 41.2 Å². The molecule has 1 amide bonds. The Labute approximate surface area is 157 Å². The lowest BCUT2D eigenvalue weighted by molar-refractivity contribution is 0.102. The molecule has 9 heteroatoms. The van der Waals surface area contributed by atoms with Gasteiger partial charge in [0.2, 0.25) is 10.0 Å². The number of hydrogen-bond donors (Lipinski definition) is 2. The van der Waals surface area contributed by atoms with E-state index in [4.69, 9.17) is 9.47 Å². The van der Waals surface area contributed by atoms with Gasteiger partial charge in [0, 0.05) is 31.0 Å². The third kappa shape index (κ3) is 5.75. The molecule has 0 spiro atoms. The van der Waals surface area contributed by atoms with E-state index in [0.29, 0.717) is 6.61 Å². The van der Waals surface area contributed by atoms with Gasteiger partial charge in [0.25, 0.3) is 5.91 Å². The van der Waals surface area contributed by atoms with Gasteiger partial charge < -0.3 is 14.8 Å². The van der Waals surface area contributed by atoms with Gasteiger partial charge in [-0.1, -0.05) is 0 Å². The Bertz CT molecular complexity index is 885. The molecule has 0 unspecified atom stereocenters. The first kappa shape index (κ1) is 20.8. The fourth-order valence-corrected chi connectivity index (χ4v) is 3.21. The SMILES string of the molecule is CCOc1ccc(NC(=O)c2ccc(S(=O)(=O)NCCOC)cc2)cc1F. The summed E-state index contributed by atoms with van der Waals surface area (Å²) < 4.78 is 50.3. The Kier molecular flexibility index (Phi) is 7.28. The zero-order chi connectivity index (χ0) is 19.9. The summed E-state index contributed by atoms with van der Waals surface area (Å²) in [5, 5.41) is 2.55. The van der Waals surface area contributed by atoms with Crippen LogP contribution in [-0.2, 0) is 14.8 Å². The van der Waals surface area contributed by atoms with Crippen molar-refractivity contribution in [2.75, 3.05) is 32.2 Å². The van der Waals surface area contributed by atoms with E-state index in [-0.39, 0.29) is 35.0 Å². The Balaban J connectivity index is 2.06. The van der Waals surface area contributed by atoms with Crippen molar-refractivity contribution in [3.05, 3.63) is 53.8 Å². The van der Waals surface area contributed by atoms with Crippen LogP contribution in [0, 0.1) is 5.82 Å². The summed E-state index contributed by atoms with van der Waals surface area (Å²) in [5.74, 6) is -0.973. The van der Waals surface area contributed by atoms with Crippen molar-refractivity contribution in [1.29, 1.82) is 0 Å². The van der Waals surface area contributed by atoms with Gasteiger partial charge in [-0.25, -0.2) is 17.5 Å². The van der Waals surface area contributed by atoms with E-state index in [0.717, 1.165) is 6.07 Å². The molecule has 0 aromatic heterocycles. The highest BCUT2D eigenvalue weighted by molar-refractivity contribution is 7.89. The highest BCUT2D eigenvalue weighted by Gasteiger charge is 2.15. The molecule has 0 saturated heterocycles. The first-order valence-electron chi connectivity index (χ1n) is 8.19. The molecule has 0 aliphatic heterocycles. The number of anilines is 1. The molecular weight excluding hydrogens is 375 g/mol. The first-order chi connectivity index (χ1) is 12.9. The van der Waals surface area contributed by atoms with Crippen molar-refractivity contribution in [2.24, 2.45) is 0 Å². The van der Waals surface area contributed by atoms with Gasteiger partial charge in [-0.05, 0) is 43.3 Å². The van der Waals surface area contributed by atoms with Crippen molar-refractivity contribution in [3.63, 3.8) is 0 Å². The first-order valence-corrected chi connectivity index (χ1v) is 9.68. The number of carbonyl (C=O) groups is 1. The minimum Gasteiger partial charge on any atom is -0.491 e. The van der Waals surface area contributed by atoms with E-state index in [1.54, 1.807) is 6.92 Å². The molecule has 0 aliphatic rings. The number of carbonyl (C=O) groups excluding carboxylic acids is 1. The number of rotatable bonds is 9. The molecule has 146 valence electrons. The maximum atomic E-state index is 13.8. The lowest BCUT2D eigenvalue weighted by Crippen LogP contribution is -2.27. The number of halogens is 1. The van der Waals surface area contributed by atoms with Crippen LogP contribution in [0.4, 0.5) is 10.1 Å². The fraction of sp³-hybridized carbons (Fsp3) is 0.278. The third-order valence-electron chi connectivity index (χ3n) is 3.51. The van der Waals surface area contributed by atoms with E-state index in [1.807, 2.05) is 0 Å². The summed E-state index contributed by atoms with van der Waals surface area (Å²) in [4.78, 5) is 12.3. The van der Waals surface area contributed by atoms with Crippen LogP contribution in [0.3, 0.4) is 0 Å². The van der Waals surface area contributed by atoms with Crippen LogP contribution in [0.1, 0.15) is 17.3 Å². The zero-order valence-corrected chi connectivity index (χ0v) is 15.8. The third-order valence-corrected chi connectivity index (χ3v) is 4.99. The van der Waals surface area contributed by atoms with Crippen LogP contribution in [0.5, 0.6) is 5.75 Å². The van der Waals surface area contributed by atoms with E-state index in [9.17, 15) is 17.6 Å². The summed E-state index contributed by atoms with van der Waals surface area (Å²) in [6, 6.07) is 9.50. The summed E-state index contributed by atoms with van der Waals surface area (Å²) in [6.45, 7) is 2.47. The van der Waals surface area contributed by atoms with Crippen molar-refractivity contribution >= 4 is 21.6 Å². The monoisotopic (exact) mass is 396 g/mol. The van der Waals surface area contributed by atoms with Crippen molar-refractivity contribution in [3.8, 4) is 5.75 Å². The van der Waals surface area contributed by atoms with Gasteiger partial charge in [0.05, 0.1) is 18.1 Å². The lowest BCUT2D eigenvalue weighted by Gasteiger charge is -2.09. The Morgan fingerprint density at radius 2 is 1.85 bits per heavy atom. The summed E-state index contributed by atoms with van der Waals surface area (Å²) in [5.41, 5.74) is 0.499. The number of amides is 1. The van der Waals surface area contributed by atoms with Crippen LogP contribution < -0.4 is 14.8 Å². The van der Waals surface area contributed by atoms with Gasteiger partial charge in [0.1, 0.15) is 0 Å². The van der Waals surface area contributed by atoms with Crippen LogP contribution in [0.2, 0.25) is 0 Å². The second-order valence-electron chi connectivity index (χ2n) is 5.45. The fourth-order valence-electron chi connectivity index (χ4n) is 2.20. The number of sulfonamides is 1. The molecule has 0 saturated carbocycles. The summed E-state index contributed by atoms with van der Waals surface area (Å²) in [6.07, 6.45) is 0. The smallest absolute Gasteiger partial charge is 0.255 e. The minimum atomic E-state index is -3.67. The average molecular weight is 396 g/mol. The number of ether oxygens (including phenoxy) is 2. The molecule has 0 bridgehead atoms. The Morgan fingerprint density at radius 3 is 2.44 bits per heavy atom. The molecule has 2 N–H and O–H groups in total. The molecule has 0 radical (unpaired) electrons. The zero-order valence-electron chi connectivity index (χ0n) is 15.0. The number of benzene rings is 2. The average Bonchev–Trinajstić information content (AvgIpc) is 2.64. The van der Waals surface area contributed by atoms with Gasteiger partial charge in [-0.2, -0.15) is 0 Å². The minimum absolute atomic E-state index is 0.0299. The summed E-state index contributed by atoms with van der Waals surface area (Å²) in [7, 11) is -2.20. The quantitative estimate of drug-likeness (QED) is 0.635. The van der Waals surface area contributed by atoms with E-state index < -0.39 is 21.7 Å². The second-order valence-corrected chi connectivity index (χ2v) is 7.21. The largest absolute Gasteiger partial charge is 0.491 e. The molecular formula is C18H21FN2O5S. The Morgan fingerprint density at radius 1 is 1.15 bits per heavy atom. The molecule has 7 nitrogen and oxygen atoms in total. The molecule has 0 heterocycles. The van der Waals surface area contributed by atoms with E-state index in [2.05, 4.69) is 10.0 Å². The summed E-state index contributed by atoms with van der Waals surface area (Å²) >= 11 is 0. The standard InChI is InChI=1S/C18H21FN2O5S/c1-3-26-17-9-6-14(12-16(17)19)21-18(22)13-4-7-15(8-5-13)27(23,24)20-10-11-25-2/h4-9,12,20H,3,10-11H2,1-2H3,(H,21,22). The van der Waals surface area contributed by atoms with Crippen molar-refractivity contribution < 1.29 is 27.1 Å². The van der Waals surface area contributed by atoms with Gasteiger partial charge in [-0.3, -0.25) is 4.79 Å². The van der Waals surface area contributed by atoms with E-state index >= 15 is 0 Å². The maximum absolute atomic E-state index is 13.8.